The standard InChI is InChI=1S/C25H28F6N2O3.ClH/c1-32(2)14-20-15-33(8-7-23(20,35)17-5-4-6-21(13-17)36-3)22(34)11-16-9-18(24(26,27)28)12-19(10-16)25(29,30)31;/h4-6,9-10,12-13,20,35H,7-8,11,14-15H2,1-3H3;1H. The van der Waals surface area contributed by atoms with Crippen molar-refractivity contribution in [2.45, 2.75) is 30.8 Å². The number of nitrogens with zero attached hydrogens (tertiary/aromatic N) is 2. The molecule has 0 aliphatic carbocycles. The van der Waals surface area contributed by atoms with Gasteiger partial charge >= 0.3 is 12.4 Å². The fraction of sp³-hybridized carbons (Fsp3) is 0.480. The molecule has 3 rings (SSSR count). The molecule has 2 aromatic carbocycles. The maximum absolute atomic E-state index is 13.2. The van der Waals surface area contributed by atoms with Gasteiger partial charge in [-0.15, -0.1) is 12.4 Å². The third-order valence-electron chi connectivity index (χ3n) is 6.39. The average Bonchev–Trinajstić information content (AvgIpc) is 2.79. The minimum absolute atomic E-state index is 0. The van der Waals surface area contributed by atoms with Crippen molar-refractivity contribution in [3.05, 3.63) is 64.7 Å². The molecule has 2 atom stereocenters. The quantitative estimate of drug-likeness (QED) is 0.511. The van der Waals surface area contributed by atoms with E-state index in [2.05, 4.69) is 0 Å². The van der Waals surface area contributed by atoms with Crippen LogP contribution < -0.4 is 4.74 Å². The number of halogens is 7. The normalized spacial score (nSPS) is 20.5. The molecule has 2 aromatic rings. The van der Waals surface area contributed by atoms with E-state index >= 15 is 0 Å². The first kappa shape index (κ1) is 30.7. The lowest BCUT2D eigenvalue weighted by Gasteiger charge is -2.46. The van der Waals surface area contributed by atoms with E-state index < -0.39 is 47.3 Å². The first-order valence-electron chi connectivity index (χ1n) is 11.2. The summed E-state index contributed by atoms with van der Waals surface area (Å²) in [7, 11) is 5.10. The highest BCUT2D eigenvalue weighted by molar-refractivity contribution is 5.85. The molecule has 1 amide bonds. The molecule has 206 valence electrons. The van der Waals surface area contributed by atoms with Gasteiger partial charge < -0.3 is 19.6 Å². The lowest BCUT2D eigenvalue weighted by atomic mass is 9.75. The van der Waals surface area contributed by atoms with Crippen LogP contribution in [-0.2, 0) is 29.2 Å². The van der Waals surface area contributed by atoms with Crippen LogP contribution in [0.1, 0.15) is 28.7 Å². The number of hydrogen-bond acceptors (Lipinski definition) is 4. The third kappa shape index (κ3) is 7.30. The Morgan fingerprint density at radius 2 is 1.68 bits per heavy atom. The second kappa shape index (κ2) is 11.5. The molecule has 5 nitrogen and oxygen atoms in total. The highest BCUT2D eigenvalue weighted by Crippen LogP contribution is 2.40. The molecule has 12 heteroatoms. The Balaban J connectivity index is 0.00000481. The van der Waals surface area contributed by atoms with Crippen molar-refractivity contribution in [2.24, 2.45) is 5.92 Å². The Morgan fingerprint density at radius 1 is 1.08 bits per heavy atom. The summed E-state index contributed by atoms with van der Waals surface area (Å²) in [6, 6.07) is 8.11. The number of likely N-dealkylation sites (tertiary alicyclic amines) is 1. The Morgan fingerprint density at radius 3 is 2.19 bits per heavy atom. The summed E-state index contributed by atoms with van der Waals surface area (Å²) in [6.45, 7) is 0.552. The van der Waals surface area contributed by atoms with E-state index in [9.17, 15) is 36.2 Å². The molecule has 1 aliphatic heterocycles. The van der Waals surface area contributed by atoms with Crippen molar-refractivity contribution in [3.8, 4) is 5.75 Å². The first-order valence-corrected chi connectivity index (χ1v) is 11.2. The predicted octanol–water partition coefficient (Wildman–Crippen LogP) is 5.00. The van der Waals surface area contributed by atoms with Crippen molar-refractivity contribution in [1.82, 2.24) is 9.80 Å². The highest BCUT2D eigenvalue weighted by atomic mass is 35.5. The predicted molar refractivity (Wildman–Crippen MR) is 128 cm³/mol. The molecule has 37 heavy (non-hydrogen) atoms. The molecular weight excluding hydrogens is 526 g/mol. The molecule has 1 heterocycles. The van der Waals surface area contributed by atoms with Gasteiger partial charge in [0.1, 0.15) is 5.75 Å². The zero-order chi connectivity index (χ0) is 26.9. The van der Waals surface area contributed by atoms with Gasteiger partial charge in [0.25, 0.3) is 0 Å². The van der Waals surface area contributed by atoms with E-state index in [1.165, 1.54) is 12.0 Å². The van der Waals surface area contributed by atoms with E-state index in [1.54, 1.807) is 38.4 Å². The molecule has 1 N–H and O–H groups in total. The van der Waals surface area contributed by atoms with Gasteiger partial charge in [0.2, 0.25) is 5.91 Å². The van der Waals surface area contributed by atoms with E-state index in [-0.39, 0.29) is 43.5 Å². The second-order valence-electron chi connectivity index (χ2n) is 9.30. The average molecular weight is 555 g/mol. The van der Waals surface area contributed by atoms with Crippen molar-refractivity contribution in [2.75, 3.05) is 40.8 Å². The summed E-state index contributed by atoms with van der Waals surface area (Å²) in [6.07, 6.45) is -10.5. The number of rotatable bonds is 6. The molecule has 0 saturated carbocycles. The van der Waals surface area contributed by atoms with Crippen LogP contribution in [-0.4, -0.2) is 61.7 Å². The Hall–Kier alpha value is -2.50. The zero-order valence-corrected chi connectivity index (χ0v) is 21.3. The summed E-state index contributed by atoms with van der Waals surface area (Å²) in [4.78, 5) is 16.2. The lowest BCUT2D eigenvalue weighted by Crippen LogP contribution is -2.54. The molecule has 1 saturated heterocycles. The van der Waals surface area contributed by atoms with E-state index in [4.69, 9.17) is 4.74 Å². The number of hydrogen-bond donors (Lipinski definition) is 1. The van der Waals surface area contributed by atoms with Crippen LogP contribution in [0.5, 0.6) is 5.75 Å². The molecule has 0 bridgehead atoms. The lowest BCUT2D eigenvalue weighted by molar-refractivity contribution is -0.144. The topological polar surface area (TPSA) is 53.0 Å². The van der Waals surface area contributed by atoms with Crippen molar-refractivity contribution in [1.29, 1.82) is 0 Å². The zero-order valence-electron chi connectivity index (χ0n) is 20.5. The number of aliphatic hydroxyl groups is 1. The summed E-state index contributed by atoms with van der Waals surface area (Å²) in [5, 5.41) is 11.6. The fourth-order valence-corrected chi connectivity index (χ4v) is 4.57. The van der Waals surface area contributed by atoms with Crippen LogP contribution in [0, 0.1) is 5.92 Å². The van der Waals surface area contributed by atoms with Crippen LogP contribution in [0.25, 0.3) is 0 Å². The summed E-state index contributed by atoms with van der Waals surface area (Å²) < 4.78 is 84.4. The number of benzene rings is 2. The number of methoxy groups -OCH3 is 1. The van der Waals surface area contributed by atoms with Crippen molar-refractivity contribution < 1.29 is 41.0 Å². The molecule has 2 unspecified atom stereocenters. The van der Waals surface area contributed by atoms with Crippen LogP contribution in [0.3, 0.4) is 0 Å². The second-order valence-corrected chi connectivity index (χ2v) is 9.30. The summed E-state index contributed by atoms with van der Waals surface area (Å²) >= 11 is 0. The third-order valence-corrected chi connectivity index (χ3v) is 6.39. The van der Waals surface area contributed by atoms with Crippen LogP contribution in [0.2, 0.25) is 0 Å². The van der Waals surface area contributed by atoms with Crippen molar-refractivity contribution in [3.63, 3.8) is 0 Å². The molecule has 0 radical (unpaired) electrons. The number of piperidine rings is 1. The summed E-state index contributed by atoms with van der Waals surface area (Å²) in [5.74, 6) is -0.531. The maximum atomic E-state index is 13.2. The number of carbonyl (C=O) groups excluding carboxylic acids is 1. The molecule has 1 fully saturated rings. The van der Waals surface area contributed by atoms with Gasteiger partial charge in [0, 0.05) is 25.6 Å². The number of ether oxygens (including phenoxy) is 1. The van der Waals surface area contributed by atoms with E-state index in [0.29, 0.717) is 30.0 Å². The number of alkyl halides is 6. The molecule has 1 aliphatic rings. The first-order chi connectivity index (χ1) is 16.6. The molecule has 0 aromatic heterocycles. The molecular formula is C25H29ClF6N2O3. The van der Waals surface area contributed by atoms with Gasteiger partial charge in [0.05, 0.1) is 30.3 Å². The monoisotopic (exact) mass is 554 g/mol. The minimum Gasteiger partial charge on any atom is -0.497 e. The van der Waals surface area contributed by atoms with Gasteiger partial charge in [-0.3, -0.25) is 4.79 Å². The Labute approximate surface area is 217 Å². The SMILES string of the molecule is COc1cccc(C2(O)CCN(C(=O)Cc3cc(C(F)(F)F)cc(C(F)(F)F)c3)CC2CN(C)C)c1.Cl. The largest absolute Gasteiger partial charge is 0.497 e. The van der Waals surface area contributed by atoms with Gasteiger partial charge in [-0.05, 0) is 62.0 Å². The summed E-state index contributed by atoms with van der Waals surface area (Å²) in [5.41, 5.74) is -4.00. The smallest absolute Gasteiger partial charge is 0.416 e. The number of amides is 1. The highest BCUT2D eigenvalue weighted by Gasteiger charge is 2.44. The Kier molecular flexibility index (Phi) is 9.54. The van der Waals surface area contributed by atoms with E-state index in [1.807, 2.05) is 4.90 Å². The molecule has 0 spiro atoms. The number of carbonyl (C=O) groups is 1. The van der Waals surface area contributed by atoms with Gasteiger partial charge in [-0.25, -0.2) is 0 Å². The van der Waals surface area contributed by atoms with E-state index in [0.717, 1.165) is 0 Å². The minimum atomic E-state index is -4.99. The van der Waals surface area contributed by atoms with Crippen LogP contribution >= 0.6 is 12.4 Å². The Bertz CT molecular complexity index is 1060. The van der Waals surface area contributed by atoms with Crippen molar-refractivity contribution >= 4 is 18.3 Å². The van der Waals surface area contributed by atoms with Gasteiger partial charge in [-0.2, -0.15) is 26.3 Å². The van der Waals surface area contributed by atoms with Gasteiger partial charge in [-0.1, -0.05) is 12.1 Å². The van der Waals surface area contributed by atoms with Gasteiger partial charge in [0.15, 0.2) is 0 Å². The van der Waals surface area contributed by atoms with Crippen LogP contribution in [0.4, 0.5) is 26.3 Å². The maximum Gasteiger partial charge on any atom is 0.416 e. The fourth-order valence-electron chi connectivity index (χ4n) is 4.57. The van der Waals surface area contributed by atoms with Crippen LogP contribution in [0.15, 0.2) is 42.5 Å².